The van der Waals surface area contributed by atoms with Crippen LogP contribution in [0.5, 0.6) is 46.0 Å². The first kappa shape index (κ1) is 95.9. The molecule has 0 radical (unpaired) electrons. The Labute approximate surface area is 865 Å². The average Bonchev–Trinajstić information content (AvgIpc) is 1.43. The van der Waals surface area contributed by atoms with Gasteiger partial charge in [-0.25, -0.2) is 0 Å². The number of carbonyl (C=O) groups is 6. The van der Waals surface area contributed by atoms with Gasteiger partial charge in [-0.2, -0.15) is 0 Å². The molecule has 10 unspecified atom stereocenters. The van der Waals surface area contributed by atoms with Crippen LogP contribution in [0, 0.1) is 0 Å². The van der Waals surface area contributed by atoms with Crippen LogP contribution in [0.3, 0.4) is 0 Å². The summed E-state index contributed by atoms with van der Waals surface area (Å²) in [4.78, 5) is 115. The zero-order valence-corrected chi connectivity index (χ0v) is 85.5. The predicted octanol–water partition coefficient (Wildman–Crippen LogP) is 20.8. The molecule has 12 heterocycles. The first-order valence-corrected chi connectivity index (χ1v) is 53.1. The maximum Gasteiger partial charge on any atom is 0.262 e. The molecular weight excluding hydrogens is 1910 g/mol. The Kier molecular flexibility index (Phi) is 24.8. The van der Waals surface area contributed by atoms with Gasteiger partial charge in [-0.05, 0) is 141 Å². The highest BCUT2D eigenvalue weighted by molar-refractivity contribution is 7.10. The molecule has 0 spiro atoms. The Balaban J connectivity index is 0.743. The monoisotopic (exact) mass is 2020 g/mol. The van der Waals surface area contributed by atoms with E-state index in [0.29, 0.717) is 123 Å². The first-order valence-electron chi connectivity index (χ1n) is 51.4. The number of nitrogens with one attached hydrogen (secondary N) is 2. The molecule has 8 fully saturated rings. The van der Waals surface area contributed by atoms with Crippen molar-refractivity contribution in [2.75, 3.05) is 142 Å². The van der Waals surface area contributed by atoms with Crippen LogP contribution in [0.2, 0.25) is 0 Å². The third-order valence-corrected chi connectivity index (χ3v) is 32.4. The van der Waals surface area contributed by atoms with E-state index in [1.54, 1.807) is 60.7 Å². The van der Waals surface area contributed by atoms with Crippen LogP contribution in [-0.2, 0) is 69.1 Å². The van der Waals surface area contributed by atoms with Crippen molar-refractivity contribution in [3.8, 4) is 46.0 Å². The molecule has 2 aromatic heterocycles. The van der Waals surface area contributed by atoms with E-state index in [4.69, 9.17) is 56.8 Å². The highest BCUT2D eigenvalue weighted by atomic mass is 32.1. The molecule has 148 heavy (non-hydrogen) atoms. The molecule has 10 aliphatic heterocycles. The lowest BCUT2D eigenvalue weighted by Crippen LogP contribution is -2.47. The van der Waals surface area contributed by atoms with Crippen molar-refractivity contribution in [3.05, 3.63) is 296 Å². The molecule has 10 atom stereocenters. The standard InChI is InChI=1S/C120H116N8O18S2/c1-117(2,65-123(49-79-57-135-79)50-80-58-136-80)71-27-35-75(36-28-71)143-95-45-89-101-90(114(132)127(113(89)131)109(99-25-15-43-147-99)111(129)121-93-23-13-19-69-17-9-11-21-87(69)93)47-97(145-77-39-31-73(32-40-77)119(5,6)67-125(53-83-61-139-83)54-84-62-140-84)105-106-98(146-78-41-33-74(34-42-78)120(7,8)68-126(55-85-63-141-85)56-86-64-142-86)48-92-102-91(115(133)128(116(92)134)110(100-26-16-44-148-100)112(130)122-94-24-14-20-70-18-10-12-22-88(70)94)46-96(104(108(102)106)103(95)107(101)105)144-76-37-29-72(30-38-76)118(3,4)66-124(51-81-59-137-81)52-82-60-138-82/h9-48,79-86,109-110H,49-68H2,1-8H3,(H,121,129)(H,122,130). The molecule has 0 aliphatic carbocycles. The lowest BCUT2D eigenvalue weighted by atomic mass is 9.80. The Bertz CT molecular complexity index is 6870. The van der Waals surface area contributed by atoms with Crippen LogP contribution in [0.25, 0.3) is 64.6 Å². The summed E-state index contributed by atoms with van der Waals surface area (Å²) in [6.45, 7) is 32.1. The van der Waals surface area contributed by atoms with Gasteiger partial charge in [-0.3, -0.25) is 58.2 Å². The number of rotatable bonds is 44. The summed E-state index contributed by atoms with van der Waals surface area (Å²) in [5.41, 5.74) is 3.08. The molecule has 15 aromatic rings. The number of hydrogen-bond donors (Lipinski definition) is 2. The molecular formula is C120H116N8O18S2. The van der Waals surface area contributed by atoms with E-state index in [1.807, 2.05) is 132 Å². The number of amides is 6. The van der Waals surface area contributed by atoms with Crippen LogP contribution in [-0.4, -0.2) is 245 Å². The fourth-order valence-corrected chi connectivity index (χ4v) is 24.2. The van der Waals surface area contributed by atoms with Crippen molar-refractivity contribution in [3.63, 3.8) is 0 Å². The highest BCUT2D eigenvalue weighted by Crippen LogP contribution is 2.60. The molecule has 6 amide bonds. The zero-order valence-electron chi connectivity index (χ0n) is 83.9. The van der Waals surface area contributed by atoms with E-state index in [0.717, 1.165) is 106 Å². The van der Waals surface area contributed by atoms with E-state index in [9.17, 15) is 0 Å². The van der Waals surface area contributed by atoms with E-state index >= 15 is 28.8 Å². The predicted molar refractivity (Wildman–Crippen MR) is 570 cm³/mol. The number of carbonyl (C=O) groups excluding carboxylic acids is 6. The van der Waals surface area contributed by atoms with E-state index in [1.165, 1.54) is 22.7 Å². The van der Waals surface area contributed by atoms with Crippen LogP contribution in [0.4, 0.5) is 11.4 Å². The van der Waals surface area contributed by atoms with Crippen molar-refractivity contribution < 1.29 is 85.6 Å². The van der Waals surface area contributed by atoms with E-state index in [2.05, 4.69) is 134 Å². The van der Waals surface area contributed by atoms with Crippen LogP contribution < -0.4 is 29.6 Å². The molecule has 2 N–H and O–H groups in total. The van der Waals surface area contributed by atoms with Crippen molar-refractivity contribution in [2.45, 2.75) is 138 Å². The fourth-order valence-electron chi connectivity index (χ4n) is 22.6. The lowest BCUT2D eigenvalue weighted by Gasteiger charge is -2.35. The minimum absolute atomic E-state index is 0.0199. The lowest BCUT2D eigenvalue weighted by molar-refractivity contribution is -0.120. The van der Waals surface area contributed by atoms with Gasteiger partial charge in [-0.15, -0.1) is 22.7 Å². The van der Waals surface area contributed by atoms with Gasteiger partial charge in [0.15, 0.2) is 12.1 Å². The van der Waals surface area contributed by atoms with E-state index in [-0.39, 0.29) is 137 Å². The number of fused-ring (bicyclic) bond motifs is 4. The number of epoxide rings is 8. The molecule has 28 heteroatoms. The van der Waals surface area contributed by atoms with Crippen LogP contribution in [0.1, 0.15) is 141 Å². The third kappa shape index (κ3) is 19.7. The summed E-state index contributed by atoms with van der Waals surface area (Å²) < 4.78 is 77.7. The second kappa shape index (κ2) is 38.2. The average molecular weight is 2020 g/mol. The summed E-state index contributed by atoms with van der Waals surface area (Å²) in [5, 5.41) is 15.1. The molecule has 0 bridgehead atoms. The van der Waals surface area contributed by atoms with Gasteiger partial charge in [0.25, 0.3) is 35.4 Å². The molecule has 8 saturated heterocycles. The van der Waals surface area contributed by atoms with Gasteiger partial charge < -0.3 is 67.5 Å². The summed E-state index contributed by atoms with van der Waals surface area (Å²) >= 11 is 2.46. The molecule has 0 saturated carbocycles. The maximum absolute atomic E-state index is 17.5. The van der Waals surface area contributed by atoms with Gasteiger partial charge in [0.2, 0.25) is 0 Å². The Morgan fingerprint density at radius 2 is 0.547 bits per heavy atom. The summed E-state index contributed by atoms with van der Waals surface area (Å²) in [7, 11) is 0. The van der Waals surface area contributed by atoms with E-state index < -0.39 is 69.2 Å². The number of hydrogen-bond acceptors (Lipinski definition) is 24. The second-order valence-electron chi connectivity index (χ2n) is 44.0. The van der Waals surface area contributed by atoms with Gasteiger partial charge in [0.1, 0.15) is 46.0 Å². The number of imide groups is 2. The smallest absolute Gasteiger partial charge is 0.262 e. The fraction of sp³-hybridized carbons (Fsp3) is 0.350. The third-order valence-electron chi connectivity index (χ3n) is 30.5. The Morgan fingerprint density at radius 3 is 0.777 bits per heavy atom. The second-order valence-corrected chi connectivity index (χ2v) is 45.9. The minimum Gasteiger partial charge on any atom is -0.457 e. The summed E-state index contributed by atoms with van der Waals surface area (Å²) in [5.74, 6) is -3.03. The van der Waals surface area contributed by atoms with Crippen molar-refractivity contribution in [2.24, 2.45) is 0 Å². The van der Waals surface area contributed by atoms with Crippen LogP contribution in [0.15, 0.2) is 241 Å². The number of ether oxygens (including phenoxy) is 12. The number of benzene rings is 13. The van der Waals surface area contributed by atoms with Gasteiger partial charge >= 0.3 is 0 Å². The maximum atomic E-state index is 17.5. The number of nitrogens with zero attached hydrogens (tertiary/aromatic N) is 6. The molecule has 756 valence electrons. The van der Waals surface area contributed by atoms with Crippen molar-refractivity contribution in [1.29, 1.82) is 0 Å². The first-order chi connectivity index (χ1) is 71.7. The molecule has 13 aromatic carbocycles. The highest BCUT2D eigenvalue weighted by Gasteiger charge is 2.50. The van der Waals surface area contributed by atoms with Crippen molar-refractivity contribution >= 4 is 134 Å². The normalized spacial score (nSPS) is 20.6. The number of anilines is 2. The Morgan fingerprint density at radius 1 is 0.311 bits per heavy atom. The zero-order chi connectivity index (χ0) is 101. The number of thiophene rings is 2. The minimum atomic E-state index is -1.59. The largest absolute Gasteiger partial charge is 0.457 e. The van der Waals surface area contributed by atoms with Gasteiger partial charge in [-0.1, -0.05) is 189 Å². The summed E-state index contributed by atoms with van der Waals surface area (Å²) in [6, 6.07) is 68.8. The molecule has 26 nitrogen and oxygen atoms in total. The quantitative estimate of drug-likeness (QED) is 0.0155. The SMILES string of the molecule is CC(C)(CN(CC1CO1)CC1CO1)c1ccc(Oc2cc3c4c(cc(Oc5ccc(C(C)(C)CN(CC6CO6)CC6CO6)cc5)c5c6c(Oc7ccc(C(C)(C)CN(CC8CO8)CC8CO8)cc7)cc7c8c(cc(Oc9ccc(C(C)(C)CN(CC%10CO%10)CC%10CO%10)cc9)c(c2c45)c86)C(=O)N(C(C(=O)Nc2cccc4ccccc24)c2cccs2)C7=O)C(=O)N(C(C(=O)Nc2cccc4ccccc24)c2cccs2)C3=O)cc1. The molecule has 25 rings (SSSR count). The van der Waals surface area contributed by atoms with Gasteiger partial charge in [0.05, 0.1) is 124 Å². The van der Waals surface area contributed by atoms with Gasteiger partial charge in [0, 0.05) is 175 Å². The van der Waals surface area contributed by atoms with Crippen molar-refractivity contribution in [1.82, 2.24) is 29.4 Å². The van der Waals surface area contributed by atoms with Crippen LogP contribution >= 0.6 is 22.7 Å². The molecule has 10 aliphatic rings. The summed E-state index contributed by atoms with van der Waals surface area (Å²) in [6.07, 6.45) is 1.09. The topological polar surface area (TPSA) is 283 Å². The Hall–Kier alpha value is -13.0.